The molecule has 4 heterocycles. The van der Waals surface area contributed by atoms with Crippen LogP contribution in [0.25, 0.3) is 83.4 Å². The summed E-state index contributed by atoms with van der Waals surface area (Å²) in [7, 11) is 0. The molecule has 3 aromatic heterocycles. The van der Waals surface area contributed by atoms with E-state index in [0.29, 0.717) is 0 Å². The standard InChI is InChI=1S/C72H50N4O/c1-71(2,3)45-39-40-73-67(41-45)76-64-35-15-11-25-53(64)54-38-37-48(43-66(54)76)77-47-20-16-19-46(42-47)74-44-75-69-55(51-23-6-4-21-49(51)50-22-5-7-24-52(50)56-30-18-36-65(74)70(56)75)29-17-34-63(69)72-60-31-12-8-26-57(60)68(58-27-9-13-32-61(58)72)59-28-10-14-33-62(59)72/h4-43,68H,1-3H3. The fraction of sp³-hybridized carbons (Fsp3) is 0.0833. The Hall–Kier alpha value is -9.58. The molecule has 5 nitrogen and oxygen atoms in total. The summed E-state index contributed by atoms with van der Waals surface area (Å²) in [6.45, 7) is 6.73. The van der Waals surface area contributed by atoms with Gasteiger partial charge in [0.1, 0.15) is 17.3 Å². The van der Waals surface area contributed by atoms with Crippen LogP contribution in [-0.4, -0.2) is 14.1 Å². The Morgan fingerprint density at radius 1 is 0.468 bits per heavy atom. The van der Waals surface area contributed by atoms with Crippen molar-refractivity contribution in [2.45, 2.75) is 37.5 Å². The summed E-state index contributed by atoms with van der Waals surface area (Å²) in [5, 5.41) is 2.32. The quantitative estimate of drug-likeness (QED) is 0.127. The number of pyridine rings is 1. The van der Waals surface area contributed by atoms with E-state index in [1.807, 2.05) is 12.3 Å². The molecule has 0 fully saturated rings. The van der Waals surface area contributed by atoms with Crippen molar-refractivity contribution in [1.82, 2.24) is 14.1 Å². The van der Waals surface area contributed by atoms with Gasteiger partial charge < -0.3 is 4.74 Å². The van der Waals surface area contributed by atoms with Gasteiger partial charge in [0.2, 0.25) is 0 Å². The molecule has 13 aromatic rings. The second kappa shape index (κ2) is 16.2. The molecule has 0 N–H and O–H groups in total. The fourth-order valence-corrected chi connectivity index (χ4v) is 13.7. The van der Waals surface area contributed by atoms with E-state index in [0.717, 1.165) is 67.3 Å². The molecule has 0 spiro atoms. The molecule has 0 saturated heterocycles. The summed E-state index contributed by atoms with van der Waals surface area (Å²) in [6, 6.07) is 87.0. The van der Waals surface area contributed by atoms with Crippen LogP contribution in [-0.2, 0) is 10.8 Å². The number of rotatable bonds is 5. The zero-order valence-corrected chi connectivity index (χ0v) is 42.9. The molecule has 4 aliphatic rings. The lowest BCUT2D eigenvalue weighted by atomic mass is 9.50. The number of nitrogens with zero attached hydrogens (tertiary/aromatic N) is 4. The molecule has 1 aliphatic heterocycles. The molecule has 2 bridgehead atoms. The van der Waals surface area contributed by atoms with Crippen LogP contribution in [0.5, 0.6) is 11.5 Å². The summed E-state index contributed by atoms with van der Waals surface area (Å²) in [5.74, 6) is 2.48. The zero-order chi connectivity index (χ0) is 51.1. The maximum atomic E-state index is 6.96. The number of fused-ring (bicyclic) bond motifs is 10. The predicted molar refractivity (Wildman–Crippen MR) is 310 cm³/mol. The average Bonchev–Trinajstić information content (AvgIpc) is 3.94. The minimum atomic E-state index is -0.657. The molecule has 0 amide bonds. The highest BCUT2D eigenvalue weighted by Gasteiger charge is 2.53. The van der Waals surface area contributed by atoms with Gasteiger partial charge in [0, 0.05) is 29.0 Å². The first kappa shape index (κ1) is 43.8. The normalized spacial score (nSPS) is 15.6. The summed E-state index contributed by atoms with van der Waals surface area (Å²) >= 11 is 0. The third-order valence-corrected chi connectivity index (χ3v) is 16.9. The van der Waals surface area contributed by atoms with Crippen LogP contribution < -0.4 is 9.30 Å². The van der Waals surface area contributed by atoms with Crippen LogP contribution in [0.4, 0.5) is 0 Å². The van der Waals surface area contributed by atoms with E-state index < -0.39 is 5.41 Å². The van der Waals surface area contributed by atoms with E-state index >= 15 is 0 Å². The van der Waals surface area contributed by atoms with Crippen molar-refractivity contribution in [3.05, 3.63) is 294 Å². The van der Waals surface area contributed by atoms with Crippen LogP contribution in [0.2, 0.25) is 0 Å². The lowest BCUT2D eigenvalue weighted by Gasteiger charge is -2.51. The van der Waals surface area contributed by atoms with Crippen LogP contribution in [0, 0.1) is 6.33 Å². The molecule has 0 saturated carbocycles. The van der Waals surface area contributed by atoms with Crippen molar-refractivity contribution in [3.8, 4) is 62.1 Å². The predicted octanol–water partition coefficient (Wildman–Crippen LogP) is 16.8. The Labute approximate surface area is 447 Å². The Kier molecular flexibility index (Phi) is 9.22. The number of imidazole rings is 1. The van der Waals surface area contributed by atoms with Gasteiger partial charge in [0.05, 0.1) is 38.9 Å². The molecule has 3 aliphatic carbocycles. The van der Waals surface area contributed by atoms with Gasteiger partial charge in [-0.2, -0.15) is 0 Å². The van der Waals surface area contributed by atoms with Gasteiger partial charge in [0.15, 0.2) is 0 Å². The van der Waals surface area contributed by atoms with Crippen LogP contribution >= 0.6 is 0 Å². The number of para-hydroxylation sites is 3. The van der Waals surface area contributed by atoms with Gasteiger partial charge in [-0.1, -0.05) is 203 Å². The summed E-state index contributed by atoms with van der Waals surface area (Å²) in [4.78, 5) is 4.94. The van der Waals surface area contributed by atoms with Crippen molar-refractivity contribution in [2.75, 3.05) is 0 Å². The number of hydrogen-bond donors (Lipinski definition) is 0. The number of aromatic nitrogens is 4. The van der Waals surface area contributed by atoms with Gasteiger partial charge in [-0.3, -0.25) is 13.7 Å². The largest absolute Gasteiger partial charge is 0.458 e. The Bertz CT molecular complexity index is 4510. The summed E-state index contributed by atoms with van der Waals surface area (Å²) in [5.41, 5.74) is 23.1. The molecule has 10 aromatic carbocycles. The average molecular weight is 987 g/mol. The summed E-state index contributed by atoms with van der Waals surface area (Å²) < 4.78 is 13.9. The first-order valence-electron chi connectivity index (χ1n) is 26.7. The maximum absolute atomic E-state index is 6.96. The van der Waals surface area contributed by atoms with E-state index in [9.17, 15) is 0 Å². The molecule has 17 rings (SSSR count). The van der Waals surface area contributed by atoms with Crippen LogP contribution in [0.15, 0.2) is 243 Å². The number of benzene rings is 10. The number of hydrogen-bond acceptors (Lipinski definition) is 2. The first-order chi connectivity index (χ1) is 37.8. The van der Waals surface area contributed by atoms with E-state index in [2.05, 4.69) is 271 Å². The van der Waals surface area contributed by atoms with Crippen molar-refractivity contribution >= 4 is 32.8 Å². The Morgan fingerprint density at radius 2 is 1.00 bits per heavy atom. The molecule has 5 heteroatoms. The first-order valence-corrected chi connectivity index (χ1v) is 26.7. The topological polar surface area (TPSA) is 35.9 Å². The van der Waals surface area contributed by atoms with Crippen molar-refractivity contribution in [1.29, 1.82) is 0 Å². The smallest absolute Gasteiger partial charge is 0.269 e. The van der Waals surface area contributed by atoms with Gasteiger partial charge in [-0.15, -0.1) is 0 Å². The van der Waals surface area contributed by atoms with E-state index in [-0.39, 0.29) is 11.3 Å². The fourth-order valence-electron chi connectivity index (χ4n) is 13.7. The maximum Gasteiger partial charge on any atom is 0.269 e. The molecule has 0 radical (unpaired) electrons. The minimum Gasteiger partial charge on any atom is -0.458 e. The molecule has 77 heavy (non-hydrogen) atoms. The minimum absolute atomic E-state index is 0.0322. The molecule has 0 unspecified atom stereocenters. The highest BCUT2D eigenvalue weighted by atomic mass is 16.5. The third-order valence-electron chi connectivity index (χ3n) is 16.9. The second-order valence-corrected chi connectivity index (χ2v) is 22.0. The zero-order valence-electron chi connectivity index (χ0n) is 42.9. The highest BCUT2D eigenvalue weighted by Crippen LogP contribution is 2.63. The molecule has 0 atom stereocenters. The van der Waals surface area contributed by atoms with E-state index in [1.165, 1.54) is 72.1 Å². The van der Waals surface area contributed by atoms with E-state index in [4.69, 9.17) is 9.72 Å². The highest BCUT2D eigenvalue weighted by molar-refractivity contribution is 6.09. The summed E-state index contributed by atoms with van der Waals surface area (Å²) in [6.07, 6.45) is 6.03. The number of ether oxygens (including phenoxy) is 1. The lowest BCUT2D eigenvalue weighted by Crippen LogP contribution is -2.46. The van der Waals surface area contributed by atoms with Crippen LogP contribution in [0.3, 0.4) is 0 Å². The van der Waals surface area contributed by atoms with Crippen LogP contribution in [0.1, 0.15) is 71.2 Å². The van der Waals surface area contributed by atoms with Crippen molar-refractivity contribution in [3.63, 3.8) is 0 Å². The molecular formula is C72H50N4O. The van der Waals surface area contributed by atoms with Gasteiger partial charge >= 0.3 is 0 Å². The Morgan fingerprint density at radius 3 is 1.70 bits per heavy atom. The SMILES string of the molecule is CC(C)(C)c1ccnc(-n2c3ccccc3c3ccc(Oc4cccc(-n5[c-][n+]6c7c(cccc75)-c5ccccc5-c5ccccc5-c5cccc(C78c9ccccc9C(c9ccccc97)c7ccccc78)c5-6)c4)cc32)c1. The molecular weight excluding hydrogens is 937 g/mol. The Balaban J connectivity index is 0.933. The van der Waals surface area contributed by atoms with E-state index in [1.54, 1.807) is 0 Å². The monoisotopic (exact) mass is 986 g/mol. The third kappa shape index (κ3) is 6.17. The van der Waals surface area contributed by atoms with Gasteiger partial charge in [0.25, 0.3) is 6.33 Å². The van der Waals surface area contributed by atoms with Crippen molar-refractivity contribution < 1.29 is 9.30 Å². The van der Waals surface area contributed by atoms with Gasteiger partial charge in [-0.25, -0.2) is 4.98 Å². The van der Waals surface area contributed by atoms with Crippen molar-refractivity contribution in [2.24, 2.45) is 0 Å². The van der Waals surface area contributed by atoms with Gasteiger partial charge in [-0.05, 0) is 132 Å². The molecule has 364 valence electrons. The second-order valence-electron chi connectivity index (χ2n) is 22.0. The lowest BCUT2D eigenvalue weighted by molar-refractivity contribution is -0.572.